The van der Waals surface area contributed by atoms with Crippen LogP contribution in [0.15, 0.2) is 12.1 Å². The van der Waals surface area contributed by atoms with Crippen LogP contribution in [0.25, 0.3) is 0 Å². The van der Waals surface area contributed by atoms with Crippen molar-refractivity contribution in [3.8, 4) is 5.75 Å². The quantitative estimate of drug-likeness (QED) is 0.592. The number of hydrogen-bond donors (Lipinski definition) is 0. The highest BCUT2D eigenvalue weighted by Gasteiger charge is 2.38. The van der Waals surface area contributed by atoms with Crippen LogP contribution in [0.4, 0.5) is 0 Å². The summed E-state index contributed by atoms with van der Waals surface area (Å²) in [5.74, 6) is 0.662. The van der Waals surface area contributed by atoms with Crippen LogP contribution >= 0.6 is 11.6 Å². The Morgan fingerprint density at radius 2 is 2.21 bits per heavy atom. The van der Waals surface area contributed by atoms with Crippen molar-refractivity contribution < 1.29 is 18.9 Å². The molecule has 0 aliphatic carbocycles. The Kier molecular flexibility index (Phi) is 4.99. The molecule has 0 radical (unpaired) electrons. The van der Waals surface area contributed by atoms with Gasteiger partial charge in [-0.25, -0.2) is 4.98 Å². The number of aromatic nitrogens is 1. The number of pyridine rings is 1. The van der Waals surface area contributed by atoms with E-state index in [2.05, 4.69) is 4.98 Å². The molecule has 1 aliphatic heterocycles. The van der Waals surface area contributed by atoms with Crippen LogP contribution in [0.3, 0.4) is 0 Å². The Balaban J connectivity index is 2.20. The number of methoxy groups -OCH3 is 2. The lowest BCUT2D eigenvalue weighted by atomic mass is 9.98. The van der Waals surface area contributed by atoms with Gasteiger partial charge in [-0.05, 0) is 0 Å². The molecule has 0 bridgehead atoms. The third-order valence-corrected chi connectivity index (χ3v) is 3.36. The molecule has 0 spiro atoms. The van der Waals surface area contributed by atoms with Crippen LogP contribution < -0.4 is 4.74 Å². The van der Waals surface area contributed by atoms with E-state index in [1.54, 1.807) is 20.3 Å². The maximum Gasteiger partial charge on any atom is 0.135 e. The average Bonchev–Trinajstić information content (AvgIpc) is 2.88. The summed E-state index contributed by atoms with van der Waals surface area (Å²) in [6, 6.07) is 3.53. The van der Waals surface area contributed by atoms with Gasteiger partial charge in [0.1, 0.15) is 23.1 Å². The summed E-state index contributed by atoms with van der Waals surface area (Å²) in [7, 11) is 3.28. The lowest BCUT2D eigenvalue weighted by molar-refractivity contribution is -0.0247. The summed E-state index contributed by atoms with van der Waals surface area (Å²) in [4.78, 5) is 4.34. The number of nitrogens with zero attached hydrogens (tertiary/aromatic N) is 1. The van der Waals surface area contributed by atoms with Gasteiger partial charge in [0.25, 0.3) is 0 Å². The molecular formula is C13H18ClNO4. The molecule has 1 fully saturated rings. The highest BCUT2D eigenvalue weighted by Crippen LogP contribution is 2.35. The lowest BCUT2D eigenvalue weighted by Gasteiger charge is -2.25. The first-order valence-electron chi connectivity index (χ1n) is 6.13. The van der Waals surface area contributed by atoms with E-state index in [0.717, 1.165) is 12.1 Å². The van der Waals surface area contributed by atoms with Crippen molar-refractivity contribution in [3.05, 3.63) is 23.0 Å². The standard InChI is InChI=1S/C13H18ClNO4/c1-16-5-6-19-10-7-11(15-12(14)8-10)13(17-2)3-4-18-9-13/h7-8H,3-6,9H2,1-2H3. The van der Waals surface area contributed by atoms with Crippen molar-refractivity contribution in [1.29, 1.82) is 0 Å². The Morgan fingerprint density at radius 1 is 1.37 bits per heavy atom. The summed E-state index contributed by atoms with van der Waals surface area (Å²) in [5, 5.41) is 0.383. The number of rotatable bonds is 6. The molecule has 1 atom stereocenters. The molecule has 1 aliphatic rings. The van der Waals surface area contributed by atoms with E-state index in [9.17, 15) is 0 Å². The van der Waals surface area contributed by atoms with Crippen molar-refractivity contribution in [2.24, 2.45) is 0 Å². The predicted molar refractivity (Wildman–Crippen MR) is 70.7 cm³/mol. The monoisotopic (exact) mass is 287 g/mol. The first kappa shape index (κ1) is 14.5. The maximum absolute atomic E-state index is 6.04. The molecule has 2 rings (SSSR count). The van der Waals surface area contributed by atoms with Crippen LogP contribution in [0.5, 0.6) is 5.75 Å². The number of hydrogen-bond acceptors (Lipinski definition) is 5. The number of halogens is 1. The van der Waals surface area contributed by atoms with Gasteiger partial charge in [0, 0.05) is 39.4 Å². The molecule has 0 N–H and O–H groups in total. The zero-order valence-corrected chi connectivity index (χ0v) is 11.9. The zero-order chi connectivity index (χ0) is 13.7. The largest absolute Gasteiger partial charge is 0.491 e. The summed E-state index contributed by atoms with van der Waals surface area (Å²) in [6.07, 6.45) is 0.758. The maximum atomic E-state index is 6.04. The summed E-state index contributed by atoms with van der Waals surface area (Å²) in [6.45, 7) is 2.12. The molecule has 5 nitrogen and oxygen atoms in total. The summed E-state index contributed by atoms with van der Waals surface area (Å²) < 4.78 is 21.5. The molecule has 0 amide bonds. The van der Waals surface area contributed by atoms with E-state index in [1.165, 1.54) is 0 Å². The van der Waals surface area contributed by atoms with Crippen molar-refractivity contribution in [2.45, 2.75) is 12.0 Å². The van der Waals surface area contributed by atoms with Crippen molar-refractivity contribution in [3.63, 3.8) is 0 Å². The third kappa shape index (κ3) is 3.36. The van der Waals surface area contributed by atoms with Gasteiger partial charge in [-0.3, -0.25) is 0 Å². The van der Waals surface area contributed by atoms with Crippen molar-refractivity contribution in [2.75, 3.05) is 40.6 Å². The first-order chi connectivity index (χ1) is 9.20. The number of ether oxygens (including phenoxy) is 4. The molecule has 1 aromatic rings. The van der Waals surface area contributed by atoms with E-state index >= 15 is 0 Å². The molecule has 2 heterocycles. The summed E-state index contributed by atoms with van der Waals surface area (Å²) in [5.41, 5.74) is 0.219. The molecule has 106 valence electrons. The van der Waals surface area contributed by atoms with E-state index in [0.29, 0.717) is 37.3 Å². The second kappa shape index (κ2) is 6.52. The Labute approximate surface area is 117 Å². The van der Waals surface area contributed by atoms with E-state index in [-0.39, 0.29) is 0 Å². The Bertz CT molecular complexity index is 421. The fraction of sp³-hybridized carbons (Fsp3) is 0.615. The molecule has 1 aromatic heterocycles. The minimum Gasteiger partial charge on any atom is -0.491 e. The minimum absolute atomic E-state index is 0.383. The Hall–Kier alpha value is -0.880. The average molecular weight is 288 g/mol. The molecule has 1 unspecified atom stereocenters. The van der Waals surface area contributed by atoms with Gasteiger partial charge >= 0.3 is 0 Å². The molecular weight excluding hydrogens is 270 g/mol. The van der Waals surface area contributed by atoms with Crippen LogP contribution in [-0.2, 0) is 19.8 Å². The third-order valence-electron chi connectivity index (χ3n) is 3.17. The fourth-order valence-corrected chi connectivity index (χ4v) is 2.25. The van der Waals surface area contributed by atoms with Crippen molar-refractivity contribution in [1.82, 2.24) is 4.98 Å². The predicted octanol–water partition coefficient (Wildman–Crippen LogP) is 2.02. The zero-order valence-electron chi connectivity index (χ0n) is 11.1. The second-order valence-corrected chi connectivity index (χ2v) is 4.74. The van der Waals surface area contributed by atoms with Gasteiger partial charge in [0.05, 0.1) is 18.9 Å². The molecule has 0 aromatic carbocycles. The van der Waals surface area contributed by atoms with Crippen LogP contribution in [-0.4, -0.2) is 45.6 Å². The van der Waals surface area contributed by atoms with E-state index in [1.807, 2.05) is 6.07 Å². The van der Waals surface area contributed by atoms with Gasteiger partial charge in [-0.2, -0.15) is 0 Å². The van der Waals surface area contributed by atoms with Gasteiger partial charge in [-0.1, -0.05) is 11.6 Å². The normalized spacial score (nSPS) is 22.7. The summed E-state index contributed by atoms with van der Waals surface area (Å²) >= 11 is 6.04. The molecule has 1 saturated heterocycles. The van der Waals surface area contributed by atoms with E-state index in [4.69, 9.17) is 30.5 Å². The highest BCUT2D eigenvalue weighted by molar-refractivity contribution is 6.29. The molecule has 6 heteroatoms. The molecule has 19 heavy (non-hydrogen) atoms. The minimum atomic E-state index is -0.524. The van der Waals surface area contributed by atoms with E-state index < -0.39 is 5.60 Å². The molecule has 0 saturated carbocycles. The van der Waals surface area contributed by atoms with Gasteiger partial charge < -0.3 is 18.9 Å². The van der Waals surface area contributed by atoms with Crippen LogP contribution in [0.1, 0.15) is 12.1 Å². The van der Waals surface area contributed by atoms with Gasteiger partial charge in [0.2, 0.25) is 0 Å². The smallest absolute Gasteiger partial charge is 0.135 e. The van der Waals surface area contributed by atoms with Gasteiger partial charge in [-0.15, -0.1) is 0 Å². The van der Waals surface area contributed by atoms with Crippen molar-refractivity contribution >= 4 is 11.6 Å². The second-order valence-electron chi connectivity index (χ2n) is 4.35. The lowest BCUT2D eigenvalue weighted by Crippen LogP contribution is -2.30. The van der Waals surface area contributed by atoms with Crippen LogP contribution in [0, 0.1) is 0 Å². The Morgan fingerprint density at radius 3 is 2.84 bits per heavy atom. The van der Waals surface area contributed by atoms with Gasteiger partial charge in [0.15, 0.2) is 0 Å². The fourth-order valence-electron chi connectivity index (χ4n) is 2.05. The highest BCUT2D eigenvalue weighted by atomic mass is 35.5. The van der Waals surface area contributed by atoms with Crippen LogP contribution in [0.2, 0.25) is 5.15 Å². The SMILES string of the molecule is COCCOc1cc(Cl)nc(C2(OC)CCOC2)c1. The first-order valence-corrected chi connectivity index (χ1v) is 6.51. The topological polar surface area (TPSA) is 49.8 Å².